The zero-order valence-electron chi connectivity index (χ0n) is 13.2. The van der Waals surface area contributed by atoms with E-state index in [0.29, 0.717) is 18.5 Å². The number of aromatic amines is 1. The topological polar surface area (TPSA) is 66.2 Å². The summed E-state index contributed by atoms with van der Waals surface area (Å²) >= 11 is 0. The Balaban J connectivity index is 2.03. The zero-order chi connectivity index (χ0) is 15.2. The van der Waals surface area contributed by atoms with E-state index in [2.05, 4.69) is 60.5 Å². The van der Waals surface area contributed by atoms with Gasteiger partial charge in [-0.25, -0.2) is 0 Å². The molecule has 1 aromatic heterocycles. The number of hydrogen-bond acceptors (Lipinski definition) is 1. The number of aromatic nitrogens is 1. The quantitative estimate of drug-likeness (QED) is 0.564. The number of nitrogens with one attached hydrogen (secondary N) is 2. The van der Waals surface area contributed by atoms with Gasteiger partial charge in [-0.15, -0.1) is 0 Å². The molecule has 0 saturated carbocycles. The van der Waals surface area contributed by atoms with Crippen molar-refractivity contribution in [3.8, 4) is 0 Å². The van der Waals surface area contributed by atoms with Gasteiger partial charge in [-0.05, 0) is 37.3 Å². The van der Waals surface area contributed by atoms with Gasteiger partial charge in [0.05, 0.1) is 0 Å². The number of para-hydroxylation sites is 1. The summed E-state index contributed by atoms with van der Waals surface area (Å²) in [5.74, 6) is 0.540. The molecule has 4 heteroatoms. The molecule has 1 heterocycles. The first kappa shape index (κ1) is 15.4. The van der Waals surface area contributed by atoms with Crippen LogP contribution in [0.15, 0.2) is 29.4 Å². The lowest BCUT2D eigenvalue weighted by atomic mass is 10.1. The first-order valence-electron chi connectivity index (χ1n) is 7.80. The number of benzene rings is 1. The maximum Gasteiger partial charge on any atom is 0.188 e. The monoisotopic (exact) mass is 286 g/mol. The van der Waals surface area contributed by atoms with Crippen molar-refractivity contribution >= 4 is 16.9 Å². The number of aliphatic imine (C=N–C) groups is 1. The number of hydrogen-bond donors (Lipinski definition) is 3. The van der Waals surface area contributed by atoms with E-state index in [1.165, 1.54) is 22.0 Å². The Labute approximate surface area is 126 Å². The molecule has 0 amide bonds. The lowest BCUT2D eigenvalue weighted by Crippen LogP contribution is -2.38. The molecule has 1 atom stereocenters. The summed E-state index contributed by atoms with van der Waals surface area (Å²) in [5, 5.41) is 4.49. The molecule has 114 valence electrons. The number of nitrogens with zero attached hydrogens (tertiary/aromatic N) is 1. The second-order valence-electron chi connectivity index (χ2n) is 5.48. The third-order valence-corrected chi connectivity index (χ3v) is 3.94. The fourth-order valence-corrected chi connectivity index (χ4v) is 2.47. The molecule has 2 rings (SSSR count). The van der Waals surface area contributed by atoms with E-state index in [0.717, 1.165) is 19.3 Å². The minimum atomic E-state index is 0.369. The molecular weight excluding hydrogens is 260 g/mol. The molecule has 0 fully saturated rings. The van der Waals surface area contributed by atoms with Crippen LogP contribution in [0.5, 0.6) is 0 Å². The van der Waals surface area contributed by atoms with Crippen molar-refractivity contribution in [2.75, 3.05) is 6.54 Å². The van der Waals surface area contributed by atoms with Crippen LogP contribution in [0.25, 0.3) is 10.9 Å². The van der Waals surface area contributed by atoms with Crippen LogP contribution in [0.2, 0.25) is 0 Å². The van der Waals surface area contributed by atoms with Gasteiger partial charge < -0.3 is 16.0 Å². The molecule has 0 bridgehead atoms. The zero-order valence-corrected chi connectivity index (χ0v) is 13.2. The molecule has 0 radical (unpaired) electrons. The first-order valence-corrected chi connectivity index (χ1v) is 7.80. The number of H-pyrrole nitrogens is 1. The number of guanidine groups is 1. The summed E-state index contributed by atoms with van der Waals surface area (Å²) in [7, 11) is 0. The van der Waals surface area contributed by atoms with Gasteiger partial charge in [0.1, 0.15) is 0 Å². The van der Waals surface area contributed by atoms with Gasteiger partial charge in [-0.1, -0.05) is 32.0 Å². The van der Waals surface area contributed by atoms with Crippen LogP contribution in [-0.2, 0) is 12.8 Å². The molecule has 1 unspecified atom stereocenters. The van der Waals surface area contributed by atoms with Crippen molar-refractivity contribution in [2.24, 2.45) is 10.7 Å². The SMILES string of the molecule is CCc1cccc2c(CCN=C(N)NC(C)CC)c[nH]c12. The van der Waals surface area contributed by atoms with E-state index >= 15 is 0 Å². The van der Waals surface area contributed by atoms with E-state index in [1.54, 1.807) is 0 Å². The maximum absolute atomic E-state index is 5.88. The third-order valence-electron chi connectivity index (χ3n) is 3.94. The van der Waals surface area contributed by atoms with Crippen molar-refractivity contribution in [1.29, 1.82) is 0 Å². The fourth-order valence-electron chi connectivity index (χ4n) is 2.47. The second-order valence-corrected chi connectivity index (χ2v) is 5.48. The largest absolute Gasteiger partial charge is 0.370 e. The highest BCUT2D eigenvalue weighted by Gasteiger charge is 2.06. The van der Waals surface area contributed by atoms with Gasteiger partial charge in [0.2, 0.25) is 0 Å². The van der Waals surface area contributed by atoms with Crippen LogP contribution < -0.4 is 11.1 Å². The van der Waals surface area contributed by atoms with Gasteiger partial charge in [-0.2, -0.15) is 0 Å². The van der Waals surface area contributed by atoms with Crippen LogP contribution in [0.3, 0.4) is 0 Å². The smallest absolute Gasteiger partial charge is 0.188 e. The predicted octanol–water partition coefficient (Wildman–Crippen LogP) is 2.98. The van der Waals surface area contributed by atoms with Crippen LogP contribution in [0, 0.1) is 0 Å². The Morgan fingerprint density at radius 1 is 1.33 bits per heavy atom. The summed E-state index contributed by atoms with van der Waals surface area (Å²) in [6.07, 6.45) is 5.08. The molecule has 0 spiro atoms. The summed E-state index contributed by atoms with van der Waals surface area (Å²) in [5.41, 5.74) is 9.80. The van der Waals surface area contributed by atoms with Gasteiger partial charge in [0.25, 0.3) is 0 Å². The van der Waals surface area contributed by atoms with Crippen molar-refractivity contribution < 1.29 is 0 Å². The molecule has 0 aliphatic carbocycles. The fraction of sp³-hybridized carbons (Fsp3) is 0.471. The Kier molecular flexibility index (Phi) is 5.26. The highest BCUT2D eigenvalue weighted by molar-refractivity contribution is 5.86. The normalized spacial score (nSPS) is 13.6. The van der Waals surface area contributed by atoms with E-state index in [1.807, 2.05) is 0 Å². The van der Waals surface area contributed by atoms with E-state index in [-0.39, 0.29) is 0 Å². The molecular formula is C17H26N4. The third kappa shape index (κ3) is 3.78. The number of rotatable bonds is 6. The standard InChI is InChI=1S/C17H26N4/c1-4-12(3)21-17(18)19-10-9-14-11-20-16-13(5-2)7-6-8-15(14)16/h6-8,11-12,20H,4-5,9-10H2,1-3H3,(H3,18,19,21). The maximum atomic E-state index is 5.88. The summed E-state index contributed by atoms with van der Waals surface area (Å²) < 4.78 is 0. The minimum Gasteiger partial charge on any atom is -0.370 e. The van der Waals surface area contributed by atoms with E-state index in [9.17, 15) is 0 Å². The molecule has 0 aliphatic rings. The number of aryl methyl sites for hydroxylation is 1. The lowest BCUT2D eigenvalue weighted by Gasteiger charge is -2.11. The Bertz CT molecular complexity index is 612. The number of nitrogens with two attached hydrogens (primary N) is 1. The van der Waals surface area contributed by atoms with E-state index in [4.69, 9.17) is 5.73 Å². The van der Waals surface area contributed by atoms with Crippen molar-refractivity contribution in [2.45, 2.75) is 46.1 Å². The molecule has 2 aromatic rings. The van der Waals surface area contributed by atoms with Crippen LogP contribution >= 0.6 is 0 Å². The Morgan fingerprint density at radius 3 is 2.86 bits per heavy atom. The van der Waals surface area contributed by atoms with Crippen LogP contribution in [0.1, 0.15) is 38.3 Å². The van der Waals surface area contributed by atoms with Gasteiger partial charge in [-0.3, -0.25) is 4.99 Å². The summed E-state index contributed by atoms with van der Waals surface area (Å²) in [6, 6.07) is 6.84. The van der Waals surface area contributed by atoms with Crippen molar-refractivity contribution in [1.82, 2.24) is 10.3 Å². The summed E-state index contributed by atoms with van der Waals surface area (Å²) in [4.78, 5) is 7.80. The van der Waals surface area contributed by atoms with Crippen molar-refractivity contribution in [3.63, 3.8) is 0 Å². The first-order chi connectivity index (χ1) is 10.2. The van der Waals surface area contributed by atoms with Gasteiger partial charge >= 0.3 is 0 Å². The average Bonchev–Trinajstić information content (AvgIpc) is 2.90. The summed E-state index contributed by atoms with van der Waals surface area (Å²) in [6.45, 7) is 7.12. The molecule has 0 saturated heterocycles. The molecule has 4 nitrogen and oxygen atoms in total. The highest BCUT2D eigenvalue weighted by Crippen LogP contribution is 2.22. The van der Waals surface area contributed by atoms with E-state index < -0.39 is 0 Å². The minimum absolute atomic E-state index is 0.369. The molecule has 4 N–H and O–H groups in total. The second kappa shape index (κ2) is 7.16. The lowest BCUT2D eigenvalue weighted by molar-refractivity contribution is 0.636. The highest BCUT2D eigenvalue weighted by atomic mass is 15.1. The Hall–Kier alpha value is -1.97. The van der Waals surface area contributed by atoms with Crippen molar-refractivity contribution in [3.05, 3.63) is 35.5 Å². The average molecular weight is 286 g/mol. The Morgan fingerprint density at radius 2 is 2.14 bits per heavy atom. The molecule has 21 heavy (non-hydrogen) atoms. The number of fused-ring (bicyclic) bond motifs is 1. The predicted molar refractivity (Wildman–Crippen MR) is 90.8 cm³/mol. The molecule has 1 aromatic carbocycles. The van der Waals surface area contributed by atoms with Gasteiger partial charge in [0, 0.05) is 29.7 Å². The van der Waals surface area contributed by atoms with Crippen LogP contribution in [-0.4, -0.2) is 23.5 Å². The molecule has 0 aliphatic heterocycles. The van der Waals surface area contributed by atoms with Crippen LogP contribution in [0.4, 0.5) is 0 Å². The van der Waals surface area contributed by atoms with Gasteiger partial charge in [0.15, 0.2) is 5.96 Å².